The number of carboxylic acids is 1. The number of aromatic nitrogens is 1. The van der Waals surface area contributed by atoms with Crippen LogP contribution in [0.4, 0.5) is 0 Å². The molecule has 0 aliphatic heterocycles. The molecule has 0 saturated carbocycles. The zero-order valence-corrected chi connectivity index (χ0v) is 8.13. The van der Waals surface area contributed by atoms with E-state index in [-0.39, 0.29) is 5.69 Å². The van der Waals surface area contributed by atoms with Gasteiger partial charge in [-0.15, -0.1) is 0 Å². The maximum absolute atomic E-state index is 10.5. The second kappa shape index (κ2) is 3.67. The molecule has 1 aromatic heterocycles. The van der Waals surface area contributed by atoms with Crippen LogP contribution in [0.1, 0.15) is 23.0 Å². The van der Waals surface area contributed by atoms with Gasteiger partial charge in [0.05, 0.1) is 0 Å². The molecule has 3 nitrogen and oxygen atoms in total. The number of rotatable bonds is 2. The van der Waals surface area contributed by atoms with Crippen LogP contribution in [0.3, 0.4) is 0 Å². The first-order valence-corrected chi connectivity index (χ1v) is 4.32. The second-order valence-electron chi connectivity index (χ2n) is 2.32. The highest BCUT2D eigenvalue weighted by Gasteiger charge is 2.06. The van der Waals surface area contributed by atoms with E-state index in [0.29, 0.717) is 0 Å². The second-order valence-corrected chi connectivity index (χ2v) is 3.17. The lowest BCUT2D eigenvalue weighted by Crippen LogP contribution is -2.00. The quantitative estimate of drug-likeness (QED) is 0.846. The summed E-state index contributed by atoms with van der Waals surface area (Å²) < 4.78 is 0.803. The van der Waals surface area contributed by atoms with E-state index in [1.54, 1.807) is 6.20 Å². The normalized spacial score (nSPS) is 9.83. The van der Waals surface area contributed by atoms with Crippen molar-refractivity contribution in [3.8, 4) is 0 Å². The molecular weight excluding hydrogens is 222 g/mol. The number of pyridine rings is 1. The van der Waals surface area contributed by atoms with Gasteiger partial charge in [0.1, 0.15) is 5.69 Å². The Labute approximate surface area is 78.6 Å². The molecule has 0 fully saturated rings. The van der Waals surface area contributed by atoms with Crippen molar-refractivity contribution in [3.05, 3.63) is 28.0 Å². The standard InChI is InChI=1S/C8H8BrNO2/c1-2-5-4-10-7(8(11)12)3-6(5)9/h3-4H,2H2,1H3,(H,11,12). The lowest BCUT2D eigenvalue weighted by Gasteiger charge is -2.00. The van der Waals surface area contributed by atoms with Gasteiger partial charge in [-0.05, 0) is 18.1 Å². The zero-order valence-electron chi connectivity index (χ0n) is 6.54. The van der Waals surface area contributed by atoms with Crippen LogP contribution in [0.25, 0.3) is 0 Å². The maximum Gasteiger partial charge on any atom is 0.354 e. The molecule has 1 N–H and O–H groups in total. The van der Waals surface area contributed by atoms with Crippen LogP contribution in [0, 0.1) is 0 Å². The van der Waals surface area contributed by atoms with Gasteiger partial charge in [-0.3, -0.25) is 0 Å². The molecule has 0 amide bonds. The van der Waals surface area contributed by atoms with Gasteiger partial charge in [0, 0.05) is 10.7 Å². The molecule has 64 valence electrons. The van der Waals surface area contributed by atoms with Crippen LogP contribution in [0.15, 0.2) is 16.7 Å². The van der Waals surface area contributed by atoms with Gasteiger partial charge in [-0.25, -0.2) is 9.78 Å². The van der Waals surface area contributed by atoms with E-state index >= 15 is 0 Å². The number of carboxylic acid groups (broad SMARTS) is 1. The van der Waals surface area contributed by atoms with Gasteiger partial charge in [-0.1, -0.05) is 22.9 Å². The fraction of sp³-hybridized carbons (Fsp3) is 0.250. The molecule has 0 atom stereocenters. The molecule has 0 unspecified atom stereocenters. The summed E-state index contributed by atoms with van der Waals surface area (Å²) in [5.41, 5.74) is 1.08. The van der Waals surface area contributed by atoms with Crippen molar-refractivity contribution < 1.29 is 9.90 Å². The number of hydrogen-bond donors (Lipinski definition) is 1. The van der Waals surface area contributed by atoms with Crippen molar-refractivity contribution >= 4 is 21.9 Å². The van der Waals surface area contributed by atoms with Crippen molar-refractivity contribution in [1.29, 1.82) is 0 Å². The highest BCUT2D eigenvalue weighted by atomic mass is 79.9. The molecule has 0 radical (unpaired) electrons. The Kier molecular flexibility index (Phi) is 2.81. The molecule has 0 spiro atoms. The van der Waals surface area contributed by atoms with E-state index in [9.17, 15) is 4.79 Å². The van der Waals surface area contributed by atoms with Crippen LogP contribution in [0.5, 0.6) is 0 Å². The maximum atomic E-state index is 10.5. The van der Waals surface area contributed by atoms with Gasteiger partial charge in [0.15, 0.2) is 0 Å². The van der Waals surface area contributed by atoms with Crippen LogP contribution in [-0.2, 0) is 6.42 Å². The number of hydrogen-bond acceptors (Lipinski definition) is 2. The molecule has 4 heteroatoms. The van der Waals surface area contributed by atoms with E-state index in [1.165, 1.54) is 6.07 Å². The van der Waals surface area contributed by atoms with Crippen LogP contribution in [-0.4, -0.2) is 16.1 Å². The average Bonchev–Trinajstić information content (AvgIpc) is 2.04. The van der Waals surface area contributed by atoms with Crippen molar-refractivity contribution in [2.24, 2.45) is 0 Å². The summed E-state index contributed by atoms with van der Waals surface area (Å²) in [6.07, 6.45) is 2.42. The summed E-state index contributed by atoms with van der Waals surface area (Å²) in [6.45, 7) is 1.99. The summed E-state index contributed by atoms with van der Waals surface area (Å²) >= 11 is 3.27. The molecule has 0 aromatic carbocycles. The molecule has 1 rings (SSSR count). The topological polar surface area (TPSA) is 50.2 Å². The molecule has 0 bridgehead atoms. The molecule has 0 aliphatic rings. The van der Waals surface area contributed by atoms with E-state index < -0.39 is 5.97 Å². The largest absolute Gasteiger partial charge is 0.477 e. The minimum atomic E-state index is -1.00. The fourth-order valence-electron chi connectivity index (χ4n) is 0.836. The van der Waals surface area contributed by atoms with Gasteiger partial charge < -0.3 is 5.11 Å². The minimum Gasteiger partial charge on any atom is -0.477 e. The smallest absolute Gasteiger partial charge is 0.354 e. The third-order valence-electron chi connectivity index (χ3n) is 1.53. The molecular formula is C8H8BrNO2. The predicted octanol–water partition coefficient (Wildman–Crippen LogP) is 2.10. The first kappa shape index (κ1) is 9.19. The SMILES string of the molecule is CCc1cnc(C(=O)O)cc1Br. The van der Waals surface area contributed by atoms with Gasteiger partial charge in [-0.2, -0.15) is 0 Å². The first-order chi connectivity index (χ1) is 5.65. The van der Waals surface area contributed by atoms with Crippen molar-refractivity contribution in [2.45, 2.75) is 13.3 Å². The molecule has 1 aromatic rings. The molecule has 0 aliphatic carbocycles. The zero-order chi connectivity index (χ0) is 9.14. The predicted molar refractivity (Wildman–Crippen MR) is 48.3 cm³/mol. The number of carbonyl (C=O) groups is 1. The lowest BCUT2D eigenvalue weighted by atomic mass is 10.2. The summed E-state index contributed by atoms with van der Waals surface area (Å²) in [5, 5.41) is 8.59. The average molecular weight is 230 g/mol. The van der Waals surface area contributed by atoms with E-state index in [2.05, 4.69) is 20.9 Å². The van der Waals surface area contributed by atoms with Crippen LogP contribution >= 0.6 is 15.9 Å². The summed E-state index contributed by atoms with van der Waals surface area (Å²) in [5.74, 6) is -1.00. The third kappa shape index (κ3) is 1.82. The van der Waals surface area contributed by atoms with Gasteiger partial charge >= 0.3 is 5.97 Å². The Bertz CT molecular complexity index is 312. The summed E-state index contributed by atoms with van der Waals surface area (Å²) in [6, 6.07) is 1.52. The number of halogens is 1. The van der Waals surface area contributed by atoms with Crippen LogP contribution < -0.4 is 0 Å². The molecule has 12 heavy (non-hydrogen) atoms. The van der Waals surface area contributed by atoms with Crippen LogP contribution in [0.2, 0.25) is 0 Å². The van der Waals surface area contributed by atoms with Crippen molar-refractivity contribution in [2.75, 3.05) is 0 Å². The van der Waals surface area contributed by atoms with Gasteiger partial charge in [0.2, 0.25) is 0 Å². The van der Waals surface area contributed by atoms with E-state index in [4.69, 9.17) is 5.11 Å². The summed E-state index contributed by atoms with van der Waals surface area (Å²) in [7, 11) is 0. The minimum absolute atomic E-state index is 0.0686. The number of nitrogens with zero attached hydrogens (tertiary/aromatic N) is 1. The van der Waals surface area contributed by atoms with E-state index in [1.807, 2.05) is 6.92 Å². The third-order valence-corrected chi connectivity index (χ3v) is 2.27. The first-order valence-electron chi connectivity index (χ1n) is 3.53. The Balaban J connectivity index is 3.10. The molecule has 0 saturated heterocycles. The van der Waals surface area contributed by atoms with Crippen molar-refractivity contribution in [1.82, 2.24) is 4.98 Å². The van der Waals surface area contributed by atoms with E-state index in [0.717, 1.165) is 16.5 Å². The highest BCUT2D eigenvalue weighted by Crippen LogP contribution is 2.16. The fourth-order valence-corrected chi connectivity index (χ4v) is 1.44. The Morgan fingerprint density at radius 2 is 2.42 bits per heavy atom. The Morgan fingerprint density at radius 1 is 1.75 bits per heavy atom. The highest BCUT2D eigenvalue weighted by molar-refractivity contribution is 9.10. The summed E-state index contributed by atoms with van der Waals surface area (Å²) in [4.78, 5) is 14.2. The lowest BCUT2D eigenvalue weighted by molar-refractivity contribution is 0.0690. The monoisotopic (exact) mass is 229 g/mol. The Hall–Kier alpha value is -0.900. The van der Waals surface area contributed by atoms with Crippen molar-refractivity contribution in [3.63, 3.8) is 0 Å². The number of aromatic carboxylic acids is 1. The Morgan fingerprint density at radius 3 is 2.83 bits per heavy atom. The van der Waals surface area contributed by atoms with Gasteiger partial charge in [0.25, 0.3) is 0 Å². The number of aryl methyl sites for hydroxylation is 1. The molecule has 1 heterocycles.